The summed E-state index contributed by atoms with van der Waals surface area (Å²) in [6.45, 7) is 0. The Morgan fingerprint density at radius 2 is 1.65 bits per heavy atom. The number of pyridine rings is 1. The predicted octanol–water partition coefficient (Wildman–Crippen LogP) is 2.71. The van der Waals surface area contributed by atoms with Crippen molar-refractivity contribution in [2.45, 2.75) is 6.42 Å². The van der Waals surface area contributed by atoms with Crippen molar-refractivity contribution in [3.05, 3.63) is 72.3 Å². The maximum Gasteiger partial charge on any atom is 0.135 e. The molecule has 1 aromatic carbocycles. The number of aromatic nitrogens is 3. The zero-order valence-corrected chi connectivity index (χ0v) is 10.9. The molecule has 0 unspecified atom stereocenters. The van der Waals surface area contributed by atoms with E-state index in [9.17, 15) is 0 Å². The van der Waals surface area contributed by atoms with Crippen LogP contribution in [0.2, 0.25) is 0 Å². The Hall–Kier alpha value is -2.75. The Morgan fingerprint density at radius 3 is 2.40 bits per heavy atom. The van der Waals surface area contributed by atoms with Crippen molar-refractivity contribution < 1.29 is 0 Å². The zero-order valence-electron chi connectivity index (χ0n) is 10.9. The molecule has 4 heteroatoms. The Bertz CT molecular complexity index is 696. The standard InChI is InChI=1S/C16H14N4/c17-15-11-14(13-4-2-1-3-5-13)19-16(20-15)10-12-6-8-18-9-7-12/h1-9,11H,10H2,(H2,17,19,20). The van der Waals surface area contributed by atoms with Gasteiger partial charge in [0.2, 0.25) is 0 Å². The minimum Gasteiger partial charge on any atom is -0.384 e. The van der Waals surface area contributed by atoms with Gasteiger partial charge in [0, 0.05) is 30.4 Å². The van der Waals surface area contributed by atoms with E-state index in [1.54, 1.807) is 18.5 Å². The summed E-state index contributed by atoms with van der Waals surface area (Å²) >= 11 is 0. The fourth-order valence-corrected chi connectivity index (χ4v) is 2.04. The number of nitrogen functional groups attached to an aromatic ring is 1. The summed E-state index contributed by atoms with van der Waals surface area (Å²) in [4.78, 5) is 12.9. The molecule has 0 aliphatic rings. The molecule has 0 spiro atoms. The Balaban J connectivity index is 1.95. The lowest BCUT2D eigenvalue weighted by Crippen LogP contribution is -2.02. The van der Waals surface area contributed by atoms with Crippen LogP contribution in [0.1, 0.15) is 11.4 Å². The van der Waals surface area contributed by atoms with Crippen LogP contribution in [0.4, 0.5) is 5.82 Å². The molecule has 0 aliphatic heterocycles. The van der Waals surface area contributed by atoms with E-state index in [0.29, 0.717) is 12.2 Å². The number of nitrogens with zero attached hydrogens (tertiary/aromatic N) is 3. The van der Waals surface area contributed by atoms with Gasteiger partial charge in [0.05, 0.1) is 5.69 Å². The smallest absolute Gasteiger partial charge is 0.135 e. The van der Waals surface area contributed by atoms with Crippen molar-refractivity contribution in [2.75, 3.05) is 5.73 Å². The molecule has 20 heavy (non-hydrogen) atoms. The first-order valence-electron chi connectivity index (χ1n) is 6.39. The van der Waals surface area contributed by atoms with E-state index in [0.717, 1.165) is 22.6 Å². The fraction of sp³-hybridized carbons (Fsp3) is 0.0625. The number of hydrogen-bond donors (Lipinski definition) is 1. The van der Waals surface area contributed by atoms with Gasteiger partial charge in [-0.2, -0.15) is 0 Å². The highest BCUT2D eigenvalue weighted by molar-refractivity contribution is 5.61. The van der Waals surface area contributed by atoms with E-state index in [4.69, 9.17) is 5.73 Å². The van der Waals surface area contributed by atoms with Gasteiger partial charge in [0.1, 0.15) is 11.6 Å². The summed E-state index contributed by atoms with van der Waals surface area (Å²) in [6, 6.07) is 15.7. The molecule has 0 bridgehead atoms. The summed E-state index contributed by atoms with van der Waals surface area (Å²) in [7, 11) is 0. The van der Waals surface area contributed by atoms with Crippen LogP contribution in [0.25, 0.3) is 11.3 Å². The lowest BCUT2D eigenvalue weighted by molar-refractivity contribution is 0.975. The zero-order chi connectivity index (χ0) is 13.8. The van der Waals surface area contributed by atoms with Gasteiger partial charge < -0.3 is 5.73 Å². The monoisotopic (exact) mass is 262 g/mol. The molecule has 3 aromatic rings. The van der Waals surface area contributed by atoms with Crippen molar-refractivity contribution in [3.8, 4) is 11.3 Å². The third-order valence-electron chi connectivity index (χ3n) is 2.97. The number of benzene rings is 1. The van der Waals surface area contributed by atoms with Crippen molar-refractivity contribution in [1.29, 1.82) is 0 Å². The average molecular weight is 262 g/mol. The second-order valence-electron chi connectivity index (χ2n) is 4.49. The maximum absolute atomic E-state index is 5.89. The van der Waals surface area contributed by atoms with Crippen LogP contribution < -0.4 is 5.73 Å². The third kappa shape index (κ3) is 2.80. The van der Waals surface area contributed by atoms with Crippen molar-refractivity contribution in [1.82, 2.24) is 15.0 Å². The van der Waals surface area contributed by atoms with Gasteiger partial charge in [0.15, 0.2) is 0 Å². The fourth-order valence-electron chi connectivity index (χ4n) is 2.04. The van der Waals surface area contributed by atoms with Crippen molar-refractivity contribution >= 4 is 5.82 Å². The maximum atomic E-state index is 5.89. The second kappa shape index (κ2) is 5.48. The molecule has 4 nitrogen and oxygen atoms in total. The average Bonchev–Trinajstić information content (AvgIpc) is 2.49. The van der Waals surface area contributed by atoms with E-state index in [-0.39, 0.29) is 0 Å². The van der Waals surface area contributed by atoms with E-state index >= 15 is 0 Å². The third-order valence-corrected chi connectivity index (χ3v) is 2.97. The highest BCUT2D eigenvalue weighted by atomic mass is 14.9. The Labute approximate surface area is 117 Å². The molecule has 3 rings (SSSR count). The highest BCUT2D eigenvalue weighted by Gasteiger charge is 2.05. The van der Waals surface area contributed by atoms with Crippen LogP contribution in [-0.4, -0.2) is 15.0 Å². The first-order valence-corrected chi connectivity index (χ1v) is 6.39. The molecule has 2 N–H and O–H groups in total. The van der Waals surface area contributed by atoms with Crippen molar-refractivity contribution in [3.63, 3.8) is 0 Å². The molecule has 2 aromatic heterocycles. The van der Waals surface area contributed by atoms with Gasteiger partial charge in [-0.3, -0.25) is 4.98 Å². The second-order valence-corrected chi connectivity index (χ2v) is 4.49. The summed E-state index contributed by atoms with van der Waals surface area (Å²) in [6.07, 6.45) is 4.17. The minimum atomic E-state index is 0.489. The van der Waals surface area contributed by atoms with E-state index in [1.807, 2.05) is 42.5 Å². The van der Waals surface area contributed by atoms with Gasteiger partial charge in [-0.15, -0.1) is 0 Å². The molecule has 0 fully saturated rings. The molecule has 98 valence electrons. The quantitative estimate of drug-likeness (QED) is 0.788. The number of nitrogens with two attached hydrogens (primary N) is 1. The highest BCUT2D eigenvalue weighted by Crippen LogP contribution is 2.19. The Kier molecular flexibility index (Phi) is 3.37. The molecule has 2 heterocycles. The molecule has 0 atom stereocenters. The molecule has 0 amide bonds. The topological polar surface area (TPSA) is 64.7 Å². The van der Waals surface area contributed by atoms with E-state index in [1.165, 1.54) is 0 Å². The van der Waals surface area contributed by atoms with Crippen LogP contribution in [0.5, 0.6) is 0 Å². The van der Waals surface area contributed by atoms with Gasteiger partial charge in [-0.25, -0.2) is 9.97 Å². The molecule has 0 aliphatic carbocycles. The predicted molar refractivity (Wildman–Crippen MR) is 78.9 cm³/mol. The van der Waals surface area contributed by atoms with Crippen LogP contribution in [0.15, 0.2) is 60.9 Å². The number of rotatable bonds is 3. The van der Waals surface area contributed by atoms with Crippen LogP contribution in [0, 0.1) is 0 Å². The normalized spacial score (nSPS) is 10.4. The summed E-state index contributed by atoms with van der Waals surface area (Å²) in [5.74, 6) is 1.21. The first-order chi connectivity index (χ1) is 9.81. The summed E-state index contributed by atoms with van der Waals surface area (Å²) < 4.78 is 0. The SMILES string of the molecule is Nc1cc(-c2ccccc2)nc(Cc2ccncc2)n1. The van der Waals surface area contributed by atoms with Gasteiger partial charge >= 0.3 is 0 Å². The molecular formula is C16H14N4. The van der Waals surface area contributed by atoms with Crippen LogP contribution in [-0.2, 0) is 6.42 Å². The number of hydrogen-bond acceptors (Lipinski definition) is 4. The van der Waals surface area contributed by atoms with Gasteiger partial charge in [-0.1, -0.05) is 30.3 Å². The van der Waals surface area contributed by atoms with Gasteiger partial charge in [0.25, 0.3) is 0 Å². The van der Waals surface area contributed by atoms with Crippen LogP contribution >= 0.6 is 0 Å². The molecule has 0 saturated heterocycles. The lowest BCUT2D eigenvalue weighted by Gasteiger charge is -2.06. The minimum absolute atomic E-state index is 0.489. The lowest BCUT2D eigenvalue weighted by atomic mass is 10.1. The van der Waals surface area contributed by atoms with Gasteiger partial charge in [-0.05, 0) is 17.7 Å². The molecular weight excluding hydrogens is 248 g/mol. The van der Waals surface area contributed by atoms with E-state index < -0.39 is 0 Å². The molecule has 0 saturated carbocycles. The largest absolute Gasteiger partial charge is 0.384 e. The summed E-state index contributed by atoms with van der Waals surface area (Å²) in [5.41, 5.74) is 8.89. The summed E-state index contributed by atoms with van der Waals surface area (Å²) in [5, 5.41) is 0. The van der Waals surface area contributed by atoms with E-state index in [2.05, 4.69) is 15.0 Å². The Morgan fingerprint density at radius 1 is 0.900 bits per heavy atom. The van der Waals surface area contributed by atoms with Crippen molar-refractivity contribution in [2.24, 2.45) is 0 Å². The van der Waals surface area contributed by atoms with Crippen LogP contribution in [0.3, 0.4) is 0 Å². The molecule has 0 radical (unpaired) electrons. The number of anilines is 1. The first kappa shape index (κ1) is 12.3.